The quantitative estimate of drug-likeness (QED) is 0.676. The van der Waals surface area contributed by atoms with Gasteiger partial charge in [-0.3, -0.25) is 0 Å². The summed E-state index contributed by atoms with van der Waals surface area (Å²) in [6.45, 7) is 7.86. The average Bonchev–Trinajstić information content (AvgIpc) is 2.42. The minimum Gasteiger partial charge on any atom is -0.315 e. The molecule has 0 radical (unpaired) electrons. The Balaban J connectivity index is 2.30. The van der Waals surface area contributed by atoms with E-state index in [1.54, 1.807) is 0 Å². The second-order valence-corrected chi connectivity index (χ2v) is 4.98. The average molecular weight is 248 g/mol. The first-order valence-corrected chi connectivity index (χ1v) is 7.22. The molecule has 0 bridgehead atoms. The van der Waals surface area contributed by atoms with Crippen LogP contribution >= 0.6 is 0 Å². The third-order valence-corrected chi connectivity index (χ3v) is 3.50. The molecule has 0 spiro atoms. The number of hydrogen-bond donors (Lipinski definition) is 1. The minimum atomic E-state index is 0.653. The van der Waals surface area contributed by atoms with E-state index < -0.39 is 0 Å². The molecule has 1 rings (SSSR count). The molecule has 1 unspecified atom stereocenters. The van der Waals surface area contributed by atoms with Gasteiger partial charge in [0.05, 0.1) is 0 Å². The predicted octanol–water partition coefficient (Wildman–Crippen LogP) is 2.94. The summed E-state index contributed by atoms with van der Waals surface area (Å²) in [7, 11) is 2.24. The molecule has 0 saturated carbocycles. The van der Waals surface area contributed by atoms with Crippen molar-refractivity contribution in [2.45, 2.75) is 39.2 Å². The zero-order chi connectivity index (χ0) is 13.2. The first-order chi connectivity index (χ1) is 8.77. The molecule has 1 N–H and O–H groups in total. The van der Waals surface area contributed by atoms with Gasteiger partial charge in [-0.25, -0.2) is 0 Å². The molecular weight excluding hydrogens is 220 g/mol. The van der Waals surface area contributed by atoms with Crippen molar-refractivity contribution >= 4 is 0 Å². The summed E-state index contributed by atoms with van der Waals surface area (Å²) < 4.78 is 0. The summed E-state index contributed by atoms with van der Waals surface area (Å²) in [5, 5.41) is 3.52. The van der Waals surface area contributed by atoms with E-state index in [0.29, 0.717) is 6.04 Å². The van der Waals surface area contributed by atoms with E-state index >= 15 is 0 Å². The highest BCUT2D eigenvalue weighted by molar-refractivity contribution is 5.14. The van der Waals surface area contributed by atoms with Crippen LogP contribution in [0, 0.1) is 0 Å². The van der Waals surface area contributed by atoms with Crippen LogP contribution in [0.2, 0.25) is 0 Å². The van der Waals surface area contributed by atoms with Gasteiger partial charge in [0.2, 0.25) is 0 Å². The third-order valence-electron chi connectivity index (χ3n) is 3.50. The maximum absolute atomic E-state index is 3.52. The van der Waals surface area contributed by atoms with Gasteiger partial charge in [-0.2, -0.15) is 0 Å². The van der Waals surface area contributed by atoms with Crippen LogP contribution < -0.4 is 5.32 Å². The Labute approximate surface area is 112 Å². The second-order valence-electron chi connectivity index (χ2n) is 4.98. The fraction of sp³-hybridized carbons (Fsp3) is 0.625. The van der Waals surface area contributed by atoms with E-state index in [-0.39, 0.29) is 0 Å². The van der Waals surface area contributed by atoms with Crippen molar-refractivity contribution in [3.8, 4) is 0 Å². The van der Waals surface area contributed by atoms with Crippen molar-refractivity contribution in [3.63, 3.8) is 0 Å². The molecule has 0 aliphatic heterocycles. The van der Waals surface area contributed by atoms with Crippen LogP contribution in [0.1, 0.15) is 32.3 Å². The van der Waals surface area contributed by atoms with Crippen LogP contribution in [0.5, 0.6) is 0 Å². The van der Waals surface area contributed by atoms with Gasteiger partial charge in [-0.1, -0.05) is 44.2 Å². The Morgan fingerprint density at radius 3 is 2.50 bits per heavy atom. The molecule has 18 heavy (non-hydrogen) atoms. The van der Waals surface area contributed by atoms with E-state index in [0.717, 1.165) is 26.1 Å². The highest BCUT2D eigenvalue weighted by atomic mass is 15.1. The van der Waals surface area contributed by atoms with Gasteiger partial charge < -0.3 is 10.2 Å². The Kier molecular flexibility index (Phi) is 7.70. The molecule has 1 aromatic carbocycles. The maximum atomic E-state index is 3.52. The summed E-state index contributed by atoms with van der Waals surface area (Å²) >= 11 is 0. The lowest BCUT2D eigenvalue weighted by atomic mass is 10.1. The van der Waals surface area contributed by atoms with Gasteiger partial charge in [-0.05, 0) is 38.4 Å². The molecule has 0 amide bonds. The summed E-state index contributed by atoms with van der Waals surface area (Å²) in [6.07, 6.45) is 3.56. The van der Waals surface area contributed by atoms with Crippen LogP contribution in [0.4, 0.5) is 0 Å². The maximum Gasteiger partial charge on any atom is 0.0215 e. The molecule has 0 aliphatic carbocycles. The number of nitrogens with one attached hydrogen (secondary N) is 1. The largest absolute Gasteiger partial charge is 0.315 e. The molecule has 2 heteroatoms. The molecule has 0 fully saturated rings. The van der Waals surface area contributed by atoms with Gasteiger partial charge in [0.15, 0.2) is 0 Å². The number of hydrogen-bond acceptors (Lipinski definition) is 2. The number of likely N-dealkylation sites (N-methyl/N-ethyl adjacent to an activating group) is 1. The normalized spacial score (nSPS) is 12.9. The van der Waals surface area contributed by atoms with Crippen LogP contribution in [0.3, 0.4) is 0 Å². The molecule has 1 aromatic rings. The Hall–Kier alpha value is -0.860. The van der Waals surface area contributed by atoms with E-state index in [2.05, 4.69) is 61.4 Å². The monoisotopic (exact) mass is 248 g/mol. The number of nitrogens with zero attached hydrogens (tertiary/aromatic N) is 1. The molecule has 1 atom stereocenters. The van der Waals surface area contributed by atoms with Gasteiger partial charge in [0, 0.05) is 19.1 Å². The zero-order valence-electron chi connectivity index (χ0n) is 12.2. The van der Waals surface area contributed by atoms with E-state index in [1.807, 2.05) is 0 Å². The molecule has 102 valence electrons. The summed E-state index contributed by atoms with van der Waals surface area (Å²) in [5.41, 5.74) is 1.43. The van der Waals surface area contributed by atoms with Crippen molar-refractivity contribution in [1.29, 1.82) is 0 Å². The van der Waals surface area contributed by atoms with Crippen molar-refractivity contribution < 1.29 is 0 Å². The lowest BCUT2D eigenvalue weighted by molar-refractivity contribution is 0.232. The molecule has 0 saturated heterocycles. The lowest BCUT2D eigenvalue weighted by Crippen LogP contribution is -2.40. The molecule has 0 aromatic heterocycles. The number of benzene rings is 1. The standard InChI is InChI=1S/C16H28N2/c1-4-12-17-14-16(5-2)18(3)13-11-15-9-7-6-8-10-15/h6-10,16-17H,4-5,11-14H2,1-3H3. The first-order valence-electron chi connectivity index (χ1n) is 7.22. The lowest BCUT2D eigenvalue weighted by Gasteiger charge is -2.27. The molecule has 0 heterocycles. The first kappa shape index (κ1) is 15.2. The van der Waals surface area contributed by atoms with Gasteiger partial charge in [0.1, 0.15) is 0 Å². The summed E-state index contributed by atoms with van der Waals surface area (Å²) in [5.74, 6) is 0. The van der Waals surface area contributed by atoms with Crippen LogP contribution in [-0.2, 0) is 6.42 Å². The van der Waals surface area contributed by atoms with E-state index in [4.69, 9.17) is 0 Å². The van der Waals surface area contributed by atoms with Gasteiger partial charge >= 0.3 is 0 Å². The smallest absolute Gasteiger partial charge is 0.0215 e. The van der Waals surface area contributed by atoms with E-state index in [9.17, 15) is 0 Å². The third kappa shape index (κ3) is 5.65. The van der Waals surface area contributed by atoms with Crippen LogP contribution in [0.25, 0.3) is 0 Å². The highest BCUT2D eigenvalue weighted by Gasteiger charge is 2.11. The zero-order valence-corrected chi connectivity index (χ0v) is 12.2. The molecular formula is C16H28N2. The van der Waals surface area contributed by atoms with Gasteiger partial charge in [-0.15, -0.1) is 0 Å². The topological polar surface area (TPSA) is 15.3 Å². The molecule has 2 nitrogen and oxygen atoms in total. The predicted molar refractivity (Wildman–Crippen MR) is 80.0 cm³/mol. The van der Waals surface area contributed by atoms with Crippen molar-refractivity contribution in [1.82, 2.24) is 10.2 Å². The van der Waals surface area contributed by atoms with Crippen LogP contribution in [-0.4, -0.2) is 37.6 Å². The Morgan fingerprint density at radius 1 is 1.17 bits per heavy atom. The van der Waals surface area contributed by atoms with Crippen molar-refractivity contribution in [2.75, 3.05) is 26.7 Å². The SMILES string of the molecule is CCCNCC(CC)N(C)CCc1ccccc1. The van der Waals surface area contributed by atoms with Crippen molar-refractivity contribution in [2.24, 2.45) is 0 Å². The van der Waals surface area contributed by atoms with Gasteiger partial charge in [0.25, 0.3) is 0 Å². The Bertz CT molecular complexity index is 297. The fourth-order valence-corrected chi connectivity index (χ4v) is 2.19. The highest BCUT2D eigenvalue weighted by Crippen LogP contribution is 2.05. The number of rotatable bonds is 9. The Morgan fingerprint density at radius 2 is 1.89 bits per heavy atom. The fourth-order valence-electron chi connectivity index (χ4n) is 2.19. The second kappa shape index (κ2) is 9.12. The van der Waals surface area contributed by atoms with Crippen LogP contribution in [0.15, 0.2) is 30.3 Å². The van der Waals surface area contributed by atoms with Crippen molar-refractivity contribution in [3.05, 3.63) is 35.9 Å². The summed E-state index contributed by atoms with van der Waals surface area (Å²) in [4.78, 5) is 2.48. The molecule has 0 aliphatic rings. The van der Waals surface area contributed by atoms with E-state index in [1.165, 1.54) is 18.4 Å². The summed E-state index contributed by atoms with van der Waals surface area (Å²) in [6, 6.07) is 11.4. The minimum absolute atomic E-state index is 0.653.